The number of carbonyl (C=O) groups is 1. The summed E-state index contributed by atoms with van der Waals surface area (Å²) in [7, 11) is -3.90. The Bertz CT molecular complexity index is 629. The molecule has 1 fully saturated rings. The highest BCUT2D eigenvalue weighted by molar-refractivity contribution is 7.89. The Morgan fingerprint density at radius 2 is 2.00 bits per heavy atom. The number of piperidine rings is 1. The number of rotatable bonds is 4. The molecule has 1 aromatic heterocycles. The van der Waals surface area contributed by atoms with E-state index in [-0.39, 0.29) is 29.6 Å². The van der Waals surface area contributed by atoms with E-state index in [1.165, 1.54) is 11.2 Å². The van der Waals surface area contributed by atoms with E-state index in [9.17, 15) is 18.3 Å². The molecule has 1 aliphatic heterocycles. The molecule has 2 heterocycles. The van der Waals surface area contributed by atoms with Gasteiger partial charge in [-0.05, 0) is 32.6 Å². The third kappa shape index (κ3) is 2.94. The number of aromatic amines is 1. The van der Waals surface area contributed by atoms with E-state index in [4.69, 9.17) is 5.11 Å². The van der Waals surface area contributed by atoms with Crippen LogP contribution in [0.2, 0.25) is 0 Å². The van der Waals surface area contributed by atoms with E-state index in [1.54, 1.807) is 6.92 Å². The number of aromatic carboxylic acids is 1. The predicted molar refractivity (Wildman–Crippen MR) is 73.4 cm³/mol. The molecule has 1 unspecified atom stereocenters. The number of aromatic nitrogens is 2. The van der Waals surface area contributed by atoms with Gasteiger partial charge in [-0.3, -0.25) is 5.10 Å². The first-order valence-corrected chi connectivity index (χ1v) is 8.15. The first-order chi connectivity index (χ1) is 9.75. The largest absolute Gasteiger partial charge is 0.476 e. The molecule has 1 saturated heterocycles. The number of sulfonamides is 1. The zero-order chi connectivity index (χ0) is 15.8. The summed E-state index contributed by atoms with van der Waals surface area (Å²) < 4.78 is 26.5. The Kier molecular flexibility index (Phi) is 4.35. The third-order valence-electron chi connectivity index (χ3n) is 3.87. The SMILES string of the molecule is Cc1[nH]nc(C(=O)O)c1S(=O)(=O)N1CCC(C(C)O)CC1. The summed E-state index contributed by atoms with van der Waals surface area (Å²) in [5.74, 6) is -1.31. The minimum absolute atomic E-state index is 0.0702. The summed E-state index contributed by atoms with van der Waals surface area (Å²) in [5.41, 5.74) is -0.268. The molecule has 3 N–H and O–H groups in total. The number of carboxylic acids is 1. The summed E-state index contributed by atoms with van der Waals surface area (Å²) in [4.78, 5) is 10.8. The van der Waals surface area contributed by atoms with Gasteiger partial charge in [-0.1, -0.05) is 0 Å². The number of aryl methyl sites for hydroxylation is 1. The maximum absolute atomic E-state index is 12.6. The number of nitrogens with one attached hydrogen (secondary N) is 1. The van der Waals surface area contributed by atoms with E-state index in [0.29, 0.717) is 12.8 Å². The molecule has 118 valence electrons. The lowest BCUT2D eigenvalue weighted by Gasteiger charge is -2.32. The average molecular weight is 317 g/mol. The van der Waals surface area contributed by atoms with E-state index >= 15 is 0 Å². The van der Waals surface area contributed by atoms with E-state index in [2.05, 4.69) is 10.2 Å². The van der Waals surface area contributed by atoms with Gasteiger partial charge in [0.2, 0.25) is 10.0 Å². The van der Waals surface area contributed by atoms with Crippen LogP contribution in [0.5, 0.6) is 0 Å². The number of carboxylic acid groups (broad SMARTS) is 1. The van der Waals surface area contributed by atoms with Gasteiger partial charge in [0.1, 0.15) is 4.90 Å². The van der Waals surface area contributed by atoms with Crippen LogP contribution in [0, 0.1) is 12.8 Å². The van der Waals surface area contributed by atoms with E-state index in [1.807, 2.05) is 0 Å². The van der Waals surface area contributed by atoms with Gasteiger partial charge >= 0.3 is 5.97 Å². The van der Waals surface area contributed by atoms with Crippen LogP contribution in [0.25, 0.3) is 0 Å². The fourth-order valence-corrected chi connectivity index (χ4v) is 4.37. The molecular formula is C12H19N3O5S. The maximum atomic E-state index is 12.6. The van der Waals surface area contributed by atoms with Crippen molar-refractivity contribution in [1.29, 1.82) is 0 Å². The highest BCUT2D eigenvalue weighted by atomic mass is 32.2. The van der Waals surface area contributed by atoms with Crippen molar-refractivity contribution in [2.45, 2.75) is 37.7 Å². The highest BCUT2D eigenvalue weighted by Gasteiger charge is 2.36. The molecule has 1 aliphatic rings. The Morgan fingerprint density at radius 1 is 1.43 bits per heavy atom. The van der Waals surface area contributed by atoms with Crippen molar-refractivity contribution < 1.29 is 23.4 Å². The molecule has 2 rings (SSSR count). The Balaban J connectivity index is 2.28. The van der Waals surface area contributed by atoms with Crippen molar-refractivity contribution in [2.75, 3.05) is 13.1 Å². The van der Waals surface area contributed by atoms with Crippen LogP contribution >= 0.6 is 0 Å². The minimum Gasteiger partial charge on any atom is -0.476 e. The topological polar surface area (TPSA) is 124 Å². The quantitative estimate of drug-likeness (QED) is 0.728. The van der Waals surface area contributed by atoms with E-state index < -0.39 is 27.8 Å². The summed E-state index contributed by atoms with van der Waals surface area (Å²) in [5, 5.41) is 24.6. The Hall–Kier alpha value is -1.45. The number of aliphatic hydroxyl groups is 1. The summed E-state index contributed by atoms with van der Waals surface area (Å²) >= 11 is 0. The molecular weight excluding hydrogens is 298 g/mol. The fraction of sp³-hybridized carbons (Fsp3) is 0.667. The number of nitrogens with zero attached hydrogens (tertiary/aromatic N) is 2. The molecule has 0 aliphatic carbocycles. The van der Waals surface area contributed by atoms with Gasteiger partial charge in [0.15, 0.2) is 5.69 Å². The molecule has 9 heteroatoms. The van der Waals surface area contributed by atoms with Gasteiger partial charge in [-0.2, -0.15) is 9.40 Å². The number of hydrogen-bond donors (Lipinski definition) is 3. The van der Waals surface area contributed by atoms with Crippen molar-refractivity contribution in [1.82, 2.24) is 14.5 Å². The lowest BCUT2D eigenvalue weighted by molar-refractivity contribution is 0.0686. The first kappa shape index (κ1) is 15.9. The second-order valence-electron chi connectivity index (χ2n) is 5.31. The monoisotopic (exact) mass is 317 g/mol. The average Bonchev–Trinajstić information content (AvgIpc) is 2.81. The molecule has 0 radical (unpaired) electrons. The second-order valence-corrected chi connectivity index (χ2v) is 7.19. The first-order valence-electron chi connectivity index (χ1n) is 6.71. The zero-order valence-corrected chi connectivity index (χ0v) is 12.7. The van der Waals surface area contributed by atoms with Crippen LogP contribution in [0.4, 0.5) is 0 Å². The summed E-state index contributed by atoms with van der Waals surface area (Å²) in [6, 6.07) is 0. The fourth-order valence-electron chi connectivity index (χ4n) is 2.61. The van der Waals surface area contributed by atoms with Gasteiger partial charge in [-0.25, -0.2) is 13.2 Å². The molecule has 8 nitrogen and oxygen atoms in total. The highest BCUT2D eigenvalue weighted by Crippen LogP contribution is 2.28. The van der Waals surface area contributed by atoms with Crippen LogP contribution in [0.1, 0.15) is 35.9 Å². The zero-order valence-electron chi connectivity index (χ0n) is 11.9. The number of aliphatic hydroxyl groups excluding tert-OH is 1. The van der Waals surface area contributed by atoms with Gasteiger partial charge in [0.05, 0.1) is 11.8 Å². The summed E-state index contributed by atoms with van der Waals surface area (Å²) in [6.45, 7) is 3.70. The van der Waals surface area contributed by atoms with Gasteiger partial charge in [0.25, 0.3) is 0 Å². The van der Waals surface area contributed by atoms with Crippen molar-refractivity contribution in [3.63, 3.8) is 0 Å². The van der Waals surface area contributed by atoms with Crippen LogP contribution < -0.4 is 0 Å². The Labute approximate surface area is 122 Å². The maximum Gasteiger partial charge on any atom is 0.357 e. The molecule has 21 heavy (non-hydrogen) atoms. The molecule has 1 aromatic rings. The number of hydrogen-bond acceptors (Lipinski definition) is 5. The van der Waals surface area contributed by atoms with Gasteiger partial charge in [-0.15, -0.1) is 0 Å². The number of H-pyrrole nitrogens is 1. The van der Waals surface area contributed by atoms with Crippen LogP contribution in [-0.2, 0) is 10.0 Å². The molecule has 0 spiro atoms. The molecule has 0 saturated carbocycles. The van der Waals surface area contributed by atoms with Crippen LogP contribution in [0.3, 0.4) is 0 Å². The van der Waals surface area contributed by atoms with Crippen molar-refractivity contribution >= 4 is 16.0 Å². The Morgan fingerprint density at radius 3 is 2.48 bits per heavy atom. The lowest BCUT2D eigenvalue weighted by atomic mass is 9.93. The smallest absolute Gasteiger partial charge is 0.357 e. The lowest BCUT2D eigenvalue weighted by Crippen LogP contribution is -2.41. The van der Waals surface area contributed by atoms with Crippen molar-refractivity contribution in [3.05, 3.63) is 11.4 Å². The minimum atomic E-state index is -3.90. The normalized spacial score (nSPS) is 19.6. The van der Waals surface area contributed by atoms with Crippen molar-refractivity contribution in [3.8, 4) is 0 Å². The second kappa shape index (κ2) is 5.74. The van der Waals surface area contributed by atoms with Crippen LogP contribution in [-0.4, -0.2) is 58.3 Å². The molecule has 1 atom stereocenters. The van der Waals surface area contributed by atoms with Crippen LogP contribution in [0.15, 0.2) is 4.90 Å². The molecule has 0 aromatic carbocycles. The van der Waals surface area contributed by atoms with Gasteiger partial charge < -0.3 is 10.2 Å². The molecule has 0 bridgehead atoms. The molecule has 0 amide bonds. The predicted octanol–water partition coefficient (Wildman–Crippen LogP) is 0.198. The van der Waals surface area contributed by atoms with E-state index in [0.717, 1.165) is 0 Å². The standard InChI is InChI=1S/C12H19N3O5S/c1-7-11(10(12(17)18)14-13-7)21(19,20)15-5-3-9(4-6-15)8(2)16/h8-9,16H,3-6H2,1-2H3,(H,13,14)(H,17,18). The summed E-state index contributed by atoms with van der Waals surface area (Å²) in [6.07, 6.45) is 0.631. The van der Waals surface area contributed by atoms with Crippen molar-refractivity contribution in [2.24, 2.45) is 5.92 Å². The van der Waals surface area contributed by atoms with Gasteiger partial charge in [0, 0.05) is 13.1 Å². The third-order valence-corrected chi connectivity index (χ3v) is 5.93.